The summed E-state index contributed by atoms with van der Waals surface area (Å²) in [5.74, 6) is 0.461. The molecule has 2 aromatic rings. The van der Waals surface area contributed by atoms with Gasteiger partial charge in [-0.15, -0.1) is 0 Å². The fraction of sp³-hybridized carbons (Fsp3) is 0.600. The Hall–Kier alpha value is -2.71. The zero-order chi connectivity index (χ0) is 24.5. The largest absolute Gasteiger partial charge is 0.497 e. The fourth-order valence-electron chi connectivity index (χ4n) is 6.65. The van der Waals surface area contributed by atoms with E-state index in [9.17, 15) is 18.0 Å². The fourth-order valence-corrected chi connectivity index (χ4v) is 6.65. The van der Waals surface area contributed by atoms with Crippen molar-refractivity contribution in [2.45, 2.75) is 70.8 Å². The van der Waals surface area contributed by atoms with Gasteiger partial charge >= 0.3 is 6.18 Å². The lowest BCUT2D eigenvalue weighted by Crippen LogP contribution is -2.39. The molecule has 2 bridgehead atoms. The lowest BCUT2D eigenvalue weighted by atomic mass is 9.65. The number of nitrogens with zero attached hydrogens (tertiary/aromatic N) is 3. The Bertz CT molecular complexity index is 1110. The Labute approximate surface area is 197 Å². The maximum absolute atomic E-state index is 14.1. The number of nitrogens with one attached hydrogen (secondary N) is 1. The number of hydrogen-bond donors (Lipinski definition) is 1. The lowest BCUT2D eigenvalue weighted by molar-refractivity contribution is -0.173. The minimum absolute atomic E-state index is 0.0281. The number of halogens is 3. The second-order valence-corrected chi connectivity index (χ2v) is 11.3. The monoisotopic (exact) mass is 476 g/mol. The molecule has 0 radical (unpaired) electrons. The van der Waals surface area contributed by atoms with Crippen molar-refractivity contribution in [3.8, 4) is 5.75 Å². The number of anilines is 1. The molecule has 1 aromatic heterocycles. The van der Waals surface area contributed by atoms with E-state index in [0.717, 1.165) is 23.9 Å². The first kappa shape index (κ1) is 23.1. The van der Waals surface area contributed by atoms with Crippen molar-refractivity contribution in [2.24, 2.45) is 10.8 Å². The molecule has 5 rings (SSSR count). The van der Waals surface area contributed by atoms with Crippen LogP contribution in [-0.4, -0.2) is 46.5 Å². The van der Waals surface area contributed by atoms with Gasteiger partial charge in [0.25, 0.3) is 5.91 Å². The predicted octanol–water partition coefficient (Wildman–Crippen LogP) is 5.59. The van der Waals surface area contributed by atoms with Crippen LogP contribution in [0.15, 0.2) is 30.5 Å². The minimum Gasteiger partial charge on any atom is -0.497 e. The summed E-state index contributed by atoms with van der Waals surface area (Å²) < 4.78 is 48.4. The number of ether oxygens (including phenoxy) is 1. The SMILES string of the molecule is COc1cccc([C@@H]2C[C@@H](C(F)(F)F)n3ncc(C(=O)N4C[C@@]5(C)C[C@@H]4CC(C)(C)C5)c3N2)c1. The highest BCUT2D eigenvalue weighted by Gasteiger charge is 2.52. The molecular formula is C25H31F3N4O2. The molecule has 3 aliphatic rings. The highest BCUT2D eigenvalue weighted by Crippen LogP contribution is 2.53. The smallest absolute Gasteiger partial charge is 0.410 e. The van der Waals surface area contributed by atoms with E-state index in [1.807, 2.05) is 4.90 Å². The number of rotatable bonds is 3. The zero-order valence-corrected chi connectivity index (χ0v) is 19.9. The van der Waals surface area contributed by atoms with Crippen molar-refractivity contribution < 1.29 is 22.7 Å². The van der Waals surface area contributed by atoms with Crippen LogP contribution in [-0.2, 0) is 0 Å². The van der Waals surface area contributed by atoms with E-state index in [1.165, 1.54) is 13.3 Å². The summed E-state index contributed by atoms with van der Waals surface area (Å²) in [5.41, 5.74) is 1.03. The van der Waals surface area contributed by atoms with Gasteiger partial charge in [0.15, 0.2) is 6.04 Å². The topological polar surface area (TPSA) is 59.4 Å². The van der Waals surface area contributed by atoms with Gasteiger partial charge in [-0.2, -0.15) is 18.3 Å². The molecule has 184 valence electrons. The first-order chi connectivity index (χ1) is 15.9. The third-order valence-electron chi connectivity index (χ3n) is 7.64. The Kier molecular flexibility index (Phi) is 5.19. The molecule has 2 aliphatic heterocycles. The van der Waals surface area contributed by atoms with Gasteiger partial charge in [-0.3, -0.25) is 4.79 Å². The van der Waals surface area contributed by atoms with E-state index >= 15 is 0 Å². The normalized spacial score (nSPS) is 30.0. The van der Waals surface area contributed by atoms with Gasteiger partial charge < -0.3 is 15.0 Å². The Morgan fingerprint density at radius 1 is 1.24 bits per heavy atom. The number of benzene rings is 1. The highest BCUT2D eigenvalue weighted by molar-refractivity contribution is 5.99. The molecule has 4 atom stereocenters. The van der Waals surface area contributed by atoms with E-state index in [-0.39, 0.29) is 40.6 Å². The quantitative estimate of drug-likeness (QED) is 0.627. The number of carbonyl (C=O) groups excluding carboxylic acids is 1. The average Bonchev–Trinajstić information content (AvgIpc) is 3.28. The molecule has 1 saturated carbocycles. The number of alkyl halides is 3. The highest BCUT2D eigenvalue weighted by atomic mass is 19.4. The van der Waals surface area contributed by atoms with Gasteiger partial charge in [0.05, 0.1) is 19.3 Å². The molecule has 1 amide bonds. The first-order valence-corrected chi connectivity index (χ1v) is 11.7. The predicted molar refractivity (Wildman–Crippen MR) is 122 cm³/mol. The van der Waals surface area contributed by atoms with Crippen LogP contribution < -0.4 is 10.1 Å². The van der Waals surface area contributed by atoms with Gasteiger partial charge in [-0.25, -0.2) is 4.68 Å². The second kappa shape index (κ2) is 7.65. The van der Waals surface area contributed by atoms with Gasteiger partial charge in [-0.05, 0) is 47.8 Å². The van der Waals surface area contributed by atoms with Crippen LogP contribution in [0.25, 0.3) is 0 Å². The molecule has 3 heterocycles. The Balaban J connectivity index is 1.50. The molecule has 2 fully saturated rings. The van der Waals surface area contributed by atoms with Crippen molar-refractivity contribution in [1.29, 1.82) is 0 Å². The van der Waals surface area contributed by atoms with Crippen LogP contribution in [0, 0.1) is 10.8 Å². The van der Waals surface area contributed by atoms with Crippen molar-refractivity contribution in [1.82, 2.24) is 14.7 Å². The van der Waals surface area contributed by atoms with E-state index in [4.69, 9.17) is 4.74 Å². The molecule has 0 unspecified atom stereocenters. The van der Waals surface area contributed by atoms with Crippen molar-refractivity contribution in [2.75, 3.05) is 19.0 Å². The summed E-state index contributed by atoms with van der Waals surface area (Å²) in [5, 5.41) is 7.25. The summed E-state index contributed by atoms with van der Waals surface area (Å²) in [4.78, 5) is 15.6. The lowest BCUT2D eigenvalue weighted by Gasteiger charge is -2.39. The minimum atomic E-state index is -4.50. The number of carbonyl (C=O) groups is 1. The third kappa shape index (κ3) is 3.92. The summed E-state index contributed by atoms with van der Waals surface area (Å²) in [6.45, 7) is 7.27. The van der Waals surface area contributed by atoms with E-state index in [2.05, 4.69) is 31.2 Å². The van der Waals surface area contributed by atoms with Crippen molar-refractivity contribution in [3.05, 3.63) is 41.6 Å². The zero-order valence-electron chi connectivity index (χ0n) is 19.9. The number of aromatic nitrogens is 2. The molecule has 1 aliphatic carbocycles. The van der Waals surface area contributed by atoms with Crippen LogP contribution in [0.3, 0.4) is 0 Å². The number of hydrogen-bond acceptors (Lipinski definition) is 4. The molecule has 9 heteroatoms. The Morgan fingerprint density at radius 3 is 2.71 bits per heavy atom. The van der Waals surface area contributed by atoms with E-state index in [1.54, 1.807) is 24.3 Å². The Morgan fingerprint density at radius 2 is 2.00 bits per heavy atom. The van der Waals surface area contributed by atoms with Crippen LogP contribution in [0.5, 0.6) is 5.75 Å². The van der Waals surface area contributed by atoms with E-state index in [0.29, 0.717) is 17.9 Å². The van der Waals surface area contributed by atoms with Crippen molar-refractivity contribution >= 4 is 11.7 Å². The molecule has 1 N–H and O–H groups in total. The molecule has 0 spiro atoms. The second-order valence-electron chi connectivity index (χ2n) is 11.3. The number of fused-ring (bicyclic) bond motifs is 3. The summed E-state index contributed by atoms with van der Waals surface area (Å²) >= 11 is 0. The maximum Gasteiger partial charge on any atom is 0.410 e. The number of likely N-dealkylation sites (tertiary alicyclic amines) is 1. The van der Waals surface area contributed by atoms with Gasteiger partial charge in [0.1, 0.15) is 17.1 Å². The van der Waals surface area contributed by atoms with E-state index < -0.39 is 18.3 Å². The summed E-state index contributed by atoms with van der Waals surface area (Å²) in [7, 11) is 1.52. The van der Waals surface area contributed by atoms with Crippen LogP contribution in [0.4, 0.5) is 19.0 Å². The standard InChI is InChI=1S/C25H31F3N4O2/c1-23(2)10-16-11-24(3,13-23)14-31(16)22(33)18-12-29-32-20(25(26,27)28)9-19(30-21(18)32)15-6-5-7-17(8-15)34-4/h5-8,12,16,19-20,30H,9-11,13-14H2,1-4H3/t16-,19-,20-,24-/m0/s1. The van der Waals surface area contributed by atoms with Gasteiger partial charge in [-0.1, -0.05) is 32.9 Å². The van der Waals surface area contributed by atoms with Gasteiger partial charge in [0.2, 0.25) is 0 Å². The molecule has 1 saturated heterocycles. The van der Waals surface area contributed by atoms with Crippen LogP contribution >= 0.6 is 0 Å². The number of methoxy groups -OCH3 is 1. The summed E-state index contributed by atoms with van der Waals surface area (Å²) in [6, 6.07) is 4.64. The maximum atomic E-state index is 14.1. The molecule has 6 nitrogen and oxygen atoms in total. The molecular weight excluding hydrogens is 445 g/mol. The molecule has 34 heavy (non-hydrogen) atoms. The first-order valence-electron chi connectivity index (χ1n) is 11.7. The number of amides is 1. The average molecular weight is 477 g/mol. The summed E-state index contributed by atoms with van der Waals surface area (Å²) in [6.07, 6.45) is -0.578. The van der Waals surface area contributed by atoms with Gasteiger partial charge in [0, 0.05) is 19.0 Å². The third-order valence-corrected chi connectivity index (χ3v) is 7.64. The molecule has 1 aromatic carbocycles. The van der Waals surface area contributed by atoms with Crippen LogP contribution in [0.1, 0.15) is 74.5 Å². The van der Waals surface area contributed by atoms with Crippen molar-refractivity contribution in [3.63, 3.8) is 0 Å². The van der Waals surface area contributed by atoms with Crippen LogP contribution in [0.2, 0.25) is 0 Å².